The minimum Gasteiger partial charge on any atom is -0.357 e. The number of halogens is 1. The van der Waals surface area contributed by atoms with Crippen molar-refractivity contribution in [1.82, 2.24) is 20.4 Å². The number of guanidine groups is 1. The van der Waals surface area contributed by atoms with E-state index in [-0.39, 0.29) is 35.9 Å². The summed E-state index contributed by atoms with van der Waals surface area (Å²) in [5.74, 6) is 0.672. The molecule has 0 radical (unpaired) electrons. The Hall–Kier alpha value is -1.84. The molecule has 0 aromatic heterocycles. The highest BCUT2D eigenvalue weighted by Gasteiger charge is 2.45. The molecule has 1 saturated heterocycles. The lowest BCUT2D eigenvalue weighted by Gasteiger charge is -2.22. The van der Waals surface area contributed by atoms with E-state index in [9.17, 15) is 9.59 Å². The van der Waals surface area contributed by atoms with Crippen molar-refractivity contribution in [3.8, 4) is 0 Å². The van der Waals surface area contributed by atoms with Gasteiger partial charge in [0.25, 0.3) is 5.91 Å². The van der Waals surface area contributed by atoms with Crippen LogP contribution in [0, 0.1) is 6.92 Å². The molecule has 2 N–H and O–H groups in total. The maximum absolute atomic E-state index is 12.4. The molecular weight excluding hydrogens is 481 g/mol. The molecule has 29 heavy (non-hydrogen) atoms. The van der Waals surface area contributed by atoms with E-state index in [2.05, 4.69) is 51.7 Å². The number of hydrogen-bond donors (Lipinski definition) is 2. The monoisotopic (exact) mass is 515 g/mol. The van der Waals surface area contributed by atoms with E-state index in [1.807, 2.05) is 20.9 Å². The molecule has 0 saturated carbocycles. The van der Waals surface area contributed by atoms with Gasteiger partial charge < -0.3 is 15.5 Å². The van der Waals surface area contributed by atoms with E-state index >= 15 is 0 Å². The van der Waals surface area contributed by atoms with E-state index in [4.69, 9.17) is 0 Å². The van der Waals surface area contributed by atoms with E-state index in [1.54, 1.807) is 6.92 Å². The molecule has 2 rings (SSSR count). The maximum atomic E-state index is 12.4. The van der Waals surface area contributed by atoms with Crippen molar-refractivity contribution in [2.24, 2.45) is 4.99 Å². The molecule has 1 aromatic rings. The largest absolute Gasteiger partial charge is 0.357 e. The Bertz CT molecular complexity index is 722. The highest BCUT2D eigenvalue weighted by molar-refractivity contribution is 14.0. The van der Waals surface area contributed by atoms with Gasteiger partial charge in [0.15, 0.2) is 5.96 Å². The van der Waals surface area contributed by atoms with Crippen LogP contribution in [0.1, 0.15) is 44.7 Å². The summed E-state index contributed by atoms with van der Waals surface area (Å²) in [5, 5.41) is 6.08. The van der Waals surface area contributed by atoms with E-state index in [0.717, 1.165) is 19.0 Å². The summed E-state index contributed by atoms with van der Waals surface area (Å²) in [6.07, 6.45) is 1.22. The summed E-state index contributed by atoms with van der Waals surface area (Å²) in [7, 11) is 2.01. The summed E-state index contributed by atoms with van der Waals surface area (Å²) in [5.41, 5.74) is 1.69. The summed E-state index contributed by atoms with van der Waals surface area (Å²) in [6.45, 7) is 10.2. The Kier molecular flexibility index (Phi) is 9.88. The number of aliphatic imine (C=N–C) groups is 1. The van der Waals surface area contributed by atoms with Crippen LogP contribution in [0.3, 0.4) is 0 Å². The molecule has 1 atom stereocenters. The molecule has 0 bridgehead atoms. The second-order valence-corrected chi connectivity index (χ2v) is 7.50. The minimum absolute atomic E-state index is 0. The SMILES string of the molecule is CCNC(=NCCCN1C(=O)NC(C)(CC)C1=O)N(C)Cc1ccc(C)cc1.I. The molecule has 1 aliphatic rings. The highest BCUT2D eigenvalue weighted by atomic mass is 127. The summed E-state index contributed by atoms with van der Waals surface area (Å²) in [4.78, 5) is 32.5. The average Bonchev–Trinajstić information content (AvgIpc) is 2.89. The smallest absolute Gasteiger partial charge is 0.325 e. The van der Waals surface area contributed by atoms with Crippen LogP contribution in [0.2, 0.25) is 0 Å². The van der Waals surface area contributed by atoms with Crippen molar-refractivity contribution < 1.29 is 9.59 Å². The lowest BCUT2D eigenvalue weighted by molar-refractivity contribution is -0.130. The second kappa shape index (κ2) is 11.4. The van der Waals surface area contributed by atoms with Crippen LogP contribution in [0.4, 0.5) is 4.79 Å². The predicted octanol–water partition coefficient (Wildman–Crippen LogP) is 3.12. The molecule has 0 spiro atoms. The number of nitrogens with one attached hydrogen (secondary N) is 2. The Morgan fingerprint density at radius 2 is 1.90 bits per heavy atom. The van der Waals surface area contributed by atoms with Gasteiger partial charge in [-0.25, -0.2) is 4.79 Å². The molecule has 162 valence electrons. The van der Waals surface area contributed by atoms with Crippen molar-refractivity contribution in [3.05, 3.63) is 35.4 Å². The molecule has 8 heteroatoms. The Morgan fingerprint density at radius 1 is 1.24 bits per heavy atom. The topological polar surface area (TPSA) is 77.0 Å². The van der Waals surface area contributed by atoms with Crippen molar-refractivity contribution >= 4 is 41.9 Å². The standard InChI is InChI=1S/C21H33N5O2.HI/c1-6-21(4)18(27)26(20(28)24-21)14-8-13-23-19(22-7-2)25(5)15-17-11-9-16(3)10-12-17;/h9-12H,6-8,13-15H2,1-5H3,(H,22,23)(H,24,28);1H. The zero-order valence-corrected chi connectivity index (χ0v) is 20.4. The number of hydrogen-bond acceptors (Lipinski definition) is 3. The number of nitrogens with zero attached hydrogens (tertiary/aromatic N) is 3. The number of carbonyl (C=O) groups excluding carboxylic acids is 2. The first-order valence-electron chi connectivity index (χ1n) is 9.99. The molecule has 0 aliphatic carbocycles. The fourth-order valence-corrected chi connectivity index (χ4v) is 3.12. The number of imide groups is 1. The lowest BCUT2D eigenvalue weighted by atomic mass is 9.99. The number of urea groups is 1. The summed E-state index contributed by atoms with van der Waals surface area (Å²) >= 11 is 0. The Balaban J connectivity index is 0.00000420. The van der Waals surface area contributed by atoms with E-state index in [0.29, 0.717) is 25.9 Å². The van der Waals surface area contributed by atoms with Crippen molar-refractivity contribution in [2.45, 2.75) is 52.6 Å². The number of amides is 3. The van der Waals surface area contributed by atoms with Crippen LogP contribution in [0.15, 0.2) is 29.3 Å². The molecule has 7 nitrogen and oxygen atoms in total. The van der Waals surface area contributed by atoms with Crippen LogP contribution >= 0.6 is 24.0 Å². The molecular formula is C21H34IN5O2. The number of benzene rings is 1. The summed E-state index contributed by atoms with van der Waals surface area (Å²) in [6, 6.07) is 8.15. The number of aryl methyl sites for hydroxylation is 1. The van der Waals surface area contributed by atoms with Gasteiger partial charge in [-0.3, -0.25) is 14.7 Å². The fraction of sp³-hybridized carbons (Fsp3) is 0.571. The second-order valence-electron chi connectivity index (χ2n) is 7.50. The first kappa shape index (κ1) is 25.2. The third-order valence-corrected chi connectivity index (χ3v) is 5.09. The highest BCUT2D eigenvalue weighted by Crippen LogP contribution is 2.20. The van der Waals surface area contributed by atoms with Gasteiger partial charge in [0.05, 0.1) is 0 Å². The van der Waals surface area contributed by atoms with E-state index < -0.39 is 5.54 Å². The first-order chi connectivity index (χ1) is 13.3. The zero-order valence-electron chi connectivity index (χ0n) is 18.1. The Morgan fingerprint density at radius 3 is 2.45 bits per heavy atom. The van der Waals surface area contributed by atoms with Gasteiger partial charge in [-0.05, 0) is 39.2 Å². The van der Waals surface area contributed by atoms with Crippen LogP contribution in [-0.2, 0) is 11.3 Å². The van der Waals surface area contributed by atoms with Gasteiger partial charge in [0.1, 0.15) is 5.54 Å². The lowest BCUT2D eigenvalue weighted by Crippen LogP contribution is -2.43. The van der Waals surface area contributed by atoms with Gasteiger partial charge in [-0.2, -0.15) is 0 Å². The maximum Gasteiger partial charge on any atom is 0.325 e. The molecule has 1 aliphatic heterocycles. The number of carbonyl (C=O) groups is 2. The van der Waals surface area contributed by atoms with Crippen molar-refractivity contribution in [2.75, 3.05) is 26.7 Å². The summed E-state index contributed by atoms with van der Waals surface area (Å²) < 4.78 is 0. The Labute approximate surface area is 191 Å². The van der Waals surface area contributed by atoms with Gasteiger partial charge in [-0.15, -0.1) is 24.0 Å². The van der Waals surface area contributed by atoms with Gasteiger partial charge in [0, 0.05) is 33.2 Å². The van der Waals surface area contributed by atoms with Crippen molar-refractivity contribution in [3.63, 3.8) is 0 Å². The molecule has 1 unspecified atom stereocenters. The van der Waals surface area contributed by atoms with Crippen molar-refractivity contribution in [1.29, 1.82) is 0 Å². The fourth-order valence-electron chi connectivity index (χ4n) is 3.12. The zero-order chi connectivity index (χ0) is 20.7. The van der Waals surface area contributed by atoms with Gasteiger partial charge in [-0.1, -0.05) is 36.8 Å². The molecule has 3 amide bonds. The third-order valence-electron chi connectivity index (χ3n) is 5.09. The van der Waals surface area contributed by atoms with Gasteiger partial charge >= 0.3 is 6.03 Å². The van der Waals surface area contributed by atoms with Crippen LogP contribution in [0.5, 0.6) is 0 Å². The van der Waals surface area contributed by atoms with Crippen LogP contribution in [-0.4, -0.2) is 59.9 Å². The number of rotatable bonds is 8. The van der Waals surface area contributed by atoms with Crippen LogP contribution < -0.4 is 10.6 Å². The van der Waals surface area contributed by atoms with Crippen LogP contribution in [0.25, 0.3) is 0 Å². The first-order valence-corrected chi connectivity index (χ1v) is 9.99. The quantitative estimate of drug-likeness (QED) is 0.184. The van der Waals surface area contributed by atoms with E-state index in [1.165, 1.54) is 16.0 Å². The normalized spacial score (nSPS) is 19.1. The van der Waals surface area contributed by atoms with Gasteiger partial charge in [0.2, 0.25) is 0 Å². The third kappa shape index (κ3) is 6.58. The average molecular weight is 515 g/mol. The minimum atomic E-state index is -0.774. The molecule has 1 aromatic carbocycles. The molecule has 1 heterocycles. The predicted molar refractivity (Wildman–Crippen MR) is 128 cm³/mol. The molecule has 1 fully saturated rings.